The third kappa shape index (κ3) is 3.81. The number of carbonyl (C=O) groups excluding carboxylic acids is 1. The second-order valence-electron chi connectivity index (χ2n) is 7.22. The van der Waals surface area contributed by atoms with E-state index in [-0.39, 0.29) is 5.91 Å². The molecule has 0 atom stereocenters. The van der Waals surface area contributed by atoms with E-state index in [4.69, 9.17) is 10.1 Å². The number of carbonyl (C=O) groups is 1. The van der Waals surface area contributed by atoms with Crippen LogP contribution in [0.1, 0.15) is 11.1 Å². The minimum Gasteiger partial charge on any atom is -0.495 e. The summed E-state index contributed by atoms with van der Waals surface area (Å²) in [4.78, 5) is 17.2. The normalized spacial score (nSPS) is 14.1. The number of nitrogens with one attached hydrogen (secondary N) is 1. The second-order valence-corrected chi connectivity index (χ2v) is 7.22. The Labute approximate surface area is 171 Å². The molecule has 0 radical (unpaired) electrons. The van der Waals surface area contributed by atoms with Gasteiger partial charge in [-0.25, -0.2) is 0 Å². The van der Waals surface area contributed by atoms with Gasteiger partial charge < -0.3 is 19.9 Å². The Balaban J connectivity index is 1.46. The molecule has 1 amide bonds. The fraction of sp³-hybridized carbons (Fsp3) is 0.250. The van der Waals surface area contributed by atoms with Crippen LogP contribution in [0.2, 0.25) is 0 Å². The van der Waals surface area contributed by atoms with Crippen molar-refractivity contribution in [2.45, 2.75) is 6.42 Å². The topological polar surface area (TPSA) is 56.6 Å². The molecular formula is C24H25N3O2. The van der Waals surface area contributed by atoms with Crippen LogP contribution >= 0.6 is 0 Å². The molecule has 0 unspecified atom stereocenters. The molecule has 0 spiro atoms. The number of rotatable bonds is 5. The average Bonchev–Trinajstić information content (AvgIpc) is 2.79. The van der Waals surface area contributed by atoms with Crippen molar-refractivity contribution in [1.82, 2.24) is 4.90 Å². The summed E-state index contributed by atoms with van der Waals surface area (Å²) in [5.74, 6) is 1.02. The summed E-state index contributed by atoms with van der Waals surface area (Å²) in [6.45, 7) is 2.99. The Morgan fingerprint density at radius 3 is 2.38 bits per heavy atom. The summed E-state index contributed by atoms with van der Waals surface area (Å²) in [6, 6.07) is 19.9. The van der Waals surface area contributed by atoms with Gasteiger partial charge in [-0.15, -0.1) is 0 Å². The van der Waals surface area contributed by atoms with Gasteiger partial charge in [-0.2, -0.15) is 0 Å². The highest BCUT2D eigenvalue weighted by molar-refractivity contribution is 6.01. The molecule has 29 heavy (non-hydrogen) atoms. The number of hydrogen-bond acceptors (Lipinski definition) is 4. The first-order valence-corrected chi connectivity index (χ1v) is 9.88. The lowest BCUT2D eigenvalue weighted by molar-refractivity contribution is -0.130. The molecule has 0 saturated carbocycles. The van der Waals surface area contributed by atoms with Crippen molar-refractivity contribution in [2.24, 2.45) is 0 Å². The predicted molar refractivity (Wildman–Crippen MR) is 117 cm³/mol. The van der Waals surface area contributed by atoms with E-state index in [0.29, 0.717) is 19.5 Å². The van der Waals surface area contributed by atoms with E-state index in [9.17, 15) is 4.79 Å². The number of methoxy groups -OCH3 is 1. The fourth-order valence-electron chi connectivity index (χ4n) is 4.03. The van der Waals surface area contributed by atoms with Crippen molar-refractivity contribution < 1.29 is 9.53 Å². The van der Waals surface area contributed by atoms with Gasteiger partial charge in [0.15, 0.2) is 0 Å². The van der Waals surface area contributed by atoms with E-state index in [1.54, 1.807) is 7.11 Å². The molecule has 1 heterocycles. The average molecular weight is 387 g/mol. The molecule has 3 aromatic rings. The fourth-order valence-corrected chi connectivity index (χ4v) is 4.03. The zero-order chi connectivity index (χ0) is 20.2. The maximum atomic E-state index is 13.0. The van der Waals surface area contributed by atoms with Crippen molar-refractivity contribution in [3.63, 3.8) is 0 Å². The minimum absolute atomic E-state index is 0.150. The van der Waals surface area contributed by atoms with E-state index in [2.05, 4.69) is 11.0 Å². The number of benzene rings is 3. The zero-order valence-electron chi connectivity index (χ0n) is 16.6. The summed E-state index contributed by atoms with van der Waals surface area (Å²) in [7, 11) is 1.69. The van der Waals surface area contributed by atoms with Crippen LogP contribution in [0, 0.1) is 5.41 Å². The van der Waals surface area contributed by atoms with Gasteiger partial charge in [-0.05, 0) is 34.0 Å². The first-order chi connectivity index (χ1) is 14.2. The smallest absolute Gasteiger partial charge is 0.227 e. The van der Waals surface area contributed by atoms with Crippen LogP contribution in [0.3, 0.4) is 0 Å². The van der Waals surface area contributed by atoms with Crippen LogP contribution < -0.4 is 9.64 Å². The number of piperazine rings is 1. The third-order valence-corrected chi connectivity index (χ3v) is 5.60. The predicted octanol–water partition coefficient (Wildman–Crippen LogP) is 3.74. The van der Waals surface area contributed by atoms with Gasteiger partial charge in [-0.1, -0.05) is 48.5 Å². The number of amides is 1. The minimum atomic E-state index is 0.150. The van der Waals surface area contributed by atoms with E-state index < -0.39 is 0 Å². The lowest BCUT2D eigenvalue weighted by Crippen LogP contribution is -2.49. The summed E-state index contributed by atoms with van der Waals surface area (Å²) in [5, 5.41) is 9.68. The summed E-state index contributed by atoms with van der Waals surface area (Å²) < 4.78 is 5.47. The van der Waals surface area contributed by atoms with Crippen LogP contribution in [0.15, 0.2) is 60.7 Å². The molecule has 1 N–H and O–H groups in total. The Morgan fingerprint density at radius 2 is 1.66 bits per heavy atom. The van der Waals surface area contributed by atoms with Gasteiger partial charge in [0.05, 0.1) is 19.2 Å². The van der Waals surface area contributed by atoms with Gasteiger partial charge in [0.2, 0.25) is 5.91 Å². The number of nitrogens with zero attached hydrogens (tertiary/aromatic N) is 2. The summed E-state index contributed by atoms with van der Waals surface area (Å²) in [6.07, 6.45) is 1.75. The molecule has 1 aliphatic rings. The maximum Gasteiger partial charge on any atom is 0.227 e. The third-order valence-electron chi connectivity index (χ3n) is 5.60. The molecule has 1 fully saturated rings. The summed E-state index contributed by atoms with van der Waals surface area (Å²) in [5.41, 5.74) is 2.97. The highest BCUT2D eigenvalue weighted by Crippen LogP contribution is 2.28. The van der Waals surface area contributed by atoms with E-state index in [1.807, 2.05) is 59.5 Å². The first kappa shape index (κ1) is 19.0. The number of fused-ring (bicyclic) bond motifs is 1. The Morgan fingerprint density at radius 1 is 0.966 bits per heavy atom. The van der Waals surface area contributed by atoms with Crippen LogP contribution in [-0.2, 0) is 11.2 Å². The number of anilines is 1. The zero-order valence-corrected chi connectivity index (χ0v) is 16.6. The molecule has 5 nitrogen and oxygen atoms in total. The maximum absolute atomic E-state index is 13.0. The standard InChI is InChI=1S/C24H25N3O2/c1-29-23-9-5-4-8-22(23)26-12-14-27(15-13-26)24(28)16-18-10-11-19(17-25)21-7-3-2-6-20(18)21/h2-11,17,25H,12-16H2,1H3. The molecule has 0 bridgehead atoms. The molecule has 3 aromatic carbocycles. The highest BCUT2D eigenvalue weighted by atomic mass is 16.5. The van der Waals surface area contributed by atoms with Gasteiger partial charge >= 0.3 is 0 Å². The van der Waals surface area contributed by atoms with E-state index in [0.717, 1.165) is 46.4 Å². The SMILES string of the molecule is COc1ccccc1N1CCN(C(=O)Cc2ccc(C=N)c3ccccc23)CC1. The lowest BCUT2D eigenvalue weighted by atomic mass is 9.98. The molecule has 0 aromatic heterocycles. The van der Waals surface area contributed by atoms with Gasteiger partial charge in [0.25, 0.3) is 0 Å². The molecule has 1 aliphatic heterocycles. The largest absolute Gasteiger partial charge is 0.495 e. The van der Waals surface area contributed by atoms with Gasteiger partial charge in [0, 0.05) is 32.4 Å². The van der Waals surface area contributed by atoms with Crippen molar-refractivity contribution >= 4 is 28.6 Å². The van der Waals surface area contributed by atoms with Gasteiger partial charge in [-0.3, -0.25) is 4.79 Å². The van der Waals surface area contributed by atoms with E-state index >= 15 is 0 Å². The molecule has 1 saturated heterocycles. The van der Waals surface area contributed by atoms with E-state index in [1.165, 1.54) is 6.21 Å². The molecule has 0 aliphatic carbocycles. The lowest BCUT2D eigenvalue weighted by Gasteiger charge is -2.36. The van der Waals surface area contributed by atoms with Crippen LogP contribution in [0.5, 0.6) is 5.75 Å². The quantitative estimate of drug-likeness (QED) is 0.679. The van der Waals surface area contributed by atoms with Crippen molar-refractivity contribution in [3.8, 4) is 5.75 Å². The van der Waals surface area contributed by atoms with Gasteiger partial charge in [0.1, 0.15) is 5.75 Å². The molecule has 4 rings (SSSR count). The van der Waals surface area contributed by atoms with Crippen molar-refractivity contribution in [1.29, 1.82) is 5.41 Å². The van der Waals surface area contributed by atoms with Crippen molar-refractivity contribution in [2.75, 3.05) is 38.2 Å². The summed E-state index contributed by atoms with van der Waals surface area (Å²) >= 11 is 0. The number of hydrogen-bond donors (Lipinski definition) is 1. The Kier molecular flexibility index (Phi) is 5.47. The molecular weight excluding hydrogens is 362 g/mol. The Hall–Kier alpha value is -3.34. The van der Waals surface area contributed by atoms with Crippen LogP contribution in [0.25, 0.3) is 10.8 Å². The van der Waals surface area contributed by atoms with Crippen molar-refractivity contribution in [3.05, 3.63) is 71.8 Å². The Bertz CT molecular complexity index is 1040. The van der Waals surface area contributed by atoms with Crippen LogP contribution in [0.4, 0.5) is 5.69 Å². The number of para-hydroxylation sites is 2. The second kappa shape index (κ2) is 8.35. The van der Waals surface area contributed by atoms with Crippen LogP contribution in [-0.4, -0.2) is 50.3 Å². The first-order valence-electron chi connectivity index (χ1n) is 9.88. The monoisotopic (exact) mass is 387 g/mol. The number of ether oxygens (including phenoxy) is 1. The molecule has 5 heteroatoms. The highest BCUT2D eigenvalue weighted by Gasteiger charge is 2.23. The molecule has 148 valence electrons.